The zero-order valence-electron chi connectivity index (χ0n) is 13.3. The number of anilines is 1. The molecule has 0 spiro atoms. The molecule has 2 rings (SSSR count). The molecule has 0 aliphatic carbocycles. The fraction of sp³-hybridized carbons (Fsp3) is 0.294. The number of carbonyl (C=O) groups is 2. The number of esters is 1. The number of para-hydroxylation sites is 1. The molecule has 0 radical (unpaired) electrons. The third kappa shape index (κ3) is 4.32. The van der Waals surface area contributed by atoms with E-state index in [1.54, 1.807) is 0 Å². The molecule has 0 unspecified atom stereocenters. The van der Waals surface area contributed by atoms with Gasteiger partial charge in [-0.1, -0.05) is 18.2 Å². The second-order valence-electron chi connectivity index (χ2n) is 4.94. The van der Waals surface area contributed by atoms with Crippen molar-refractivity contribution in [1.29, 1.82) is 0 Å². The zero-order chi connectivity index (χ0) is 16.8. The number of benzene rings is 1. The summed E-state index contributed by atoms with van der Waals surface area (Å²) in [7, 11) is 1.33. The van der Waals surface area contributed by atoms with Gasteiger partial charge in [0.1, 0.15) is 10.8 Å². The third-order valence-electron chi connectivity index (χ3n) is 3.37. The summed E-state index contributed by atoms with van der Waals surface area (Å²) in [6, 6.07) is 9.30. The van der Waals surface area contributed by atoms with Crippen molar-refractivity contribution in [1.82, 2.24) is 0 Å². The highest BCUT2D eigenvalue weighted by atomic mass is 32.1. The van der Waals surface area contributed by atoms with Crippen LogP contribution in [0, 0.1) is 13.8 Å². The SMILES string of the molecule is COC(=O)c1c(NC(=O)CCOc2ccccc2)sc(C)c1C. The highest BCUT2D eigenvalue weighted by Gasteiger charge is 2.21. The summed E-state index contributed by atoms with van der Waals surface area (Å²) < 4.78 is 10.3. The number of ether oxygens (including phenoxy) is 2. The molecule has 0 atom stereocenters. The van der Waals surface area contributed by atoms with Crippen LogP contribution in [0.25, 0.3) is 0 Å². The average molecular weight is 333 g/mol. The van der Waals surface area contributed by atoms with Crippen molar-refractivity contribution in [3.05, 3.63) is 46.3 Å². The molecular weight excluding hydrogens is 314 g/mol. The van der Waals surface area contributed by atoms with Crippen molar-refractivity contribution in [3.8, 4) is 5.75 Å². The molecule has 6 heteroatoms. The number of carbonyl (C=O) groups excluding carboxylic acids is 2. The molecule has 122 valence electrons. The van der Waals surface area contributed by atoms with Gasteiger partial charge in [-0.25, -0.2) is 4.79 Å². The van der Waals surface area contributed by atoms with Crippen molar-refractivity contribution in [2.24, 2.45) is 0 Å². The maximum Gasteiger partial charge on any atom is 0.341 e. The first kappa shape index (κ1) is 17.0. The smallest absolute Gasteiger partial charge is 0.341 e. The zero-order valence-corrected chi connectivity index (χ0v) is 14.2. The van der Waals surface area contributed by atoms with Crippen LogP contribution >= 0.6 is 11.3 Å². The first-order chi connectivity index (χ1) is 11.0. The quantitative estimate of drug-likeness (QED) is 0.821. The van der Waals surface area contributed by atoms with Gasteiger partial charge < -0.3 is 14.8 Å². The predicted octanol–water partition coefficient (Wildman–Crippen LogP) is 3.56. The minimum Gasteiger partial charge on any atom is -0.493 e. The van der Waals surface area contributed by atoms with Gasteiger partial charge in [0.25, 0.3) is 0 Å². The molecule has 0 aliphatic rings. The number of hydrogen-bond donors (Lipinski definition) is 1. The number of nitrogens with one attached hydrogen (secondary N) is 1. The first-order valence-electron chi connectivity index (χ1n) is 7.19. The molecule has 1 amide bonds. The molecule has 1 N–H and O–H groups in total. The standard InChI is InChI=1S/C17H19NO4S/c1-11-12(2)23-16(15(11)17(20)21-3)18-14(19)9-10-22-13-7-5-4-6-8-13/h4-8H,9-10H2,1-3H3,(H,18,19). The van der Waals surface area contributed by atoms with E-state index in [0.29, 0.717) is 10.6 Å². The van der Waals surface area contributed by atoms with Crippen LogP contribution in [0.1, 0.15) is 27.2 Å². The molecule has 1 aromatic carbocycles. The van der Waals surface area contributed by atoms with Crippen LogP contribution in [0.4, 0.5) is 5.00 Å². The lowest BCUT2D eigenvalue weighted by Gasteiger charge is -2.07. The highest BCUT2D eigenvalue weighted by molar-refractivity contribution is 7.16. The Balaban J connectivity index is 1.95. The van der Waals surface area contributed by atoms with Crippen LogP contribution in [0.3, 0.4) is 0 Å². The average Bonchev–Trinajstić information content (AvgIpc) is 2.82. The fourth-order valence-corrected chi connectivity index (χ4v) is 3.09. The Morgan fingerprint density at radius 1 is 1.17 bits per heavy atom. The Labute approximate surface area is 139 Å². The topological polar surface area (TPSA) is 64.6 Å². The second-order valence-corrected chi connectivity index (χ2v) is 6.16. The largest absolute Gasteiger partial charge is 0.493 e. The van der Waals surface area contributed by atoms with Gasteiger partial charge in [0.05, 0.1) is 25.7 Å². The lowest BCUT2D eigenvalue weighted by atomic mass is 10.1. The van der Waals surface area contributed by atoms with Crippen LogP contribution in [-0.2, 0) is 9.53 Å². The molecule has 0 bridgehead atoms. The van der Waals surface area contributed by atoms with Crippen LogP contribution in [0.5, 0.6) is 5.75 Å². The van der Waals surface area contributed by atoms with E-state index in [1.807, 2.05) is 44.2 Å². The Morgan fingerprint density at radius 3 is 2.52 bits per heavy atom. The Hall–Kier alpha value is -2.34. The molecule has 2 aromatic rings. The summed E-state index contributed by atoms with van der Waals surface area (Å²) in [4.78, 5) is 24.9. The molecule has 23 heavy (non-hydrogen) atoms. The Kier molecular flexibility index (Phi) is 5.76. The molecule has 0 aliphatic heterocycles. The van der Waals surface area contributed by atoms with E-state index in [1.165, 1.54) is 18.4 Å². The van der Waals surface area contributed by atoms with Gasteiger partial charge in [-0.15, -0.1) is 11.3 Å². The fourth-order valence-electron chi connectivity index (χ4n) is 2.03. The van der Waals surface area contributed by atoms with Crippen molar-refractivity contribution in [2.45, 2.75) is 20.3 Å². The summed E-state index contributed by atoms with van der Waals surface area (Å²) in [5.74, 6) is 0.0772. The van der Waals surface area contributed by atoms with Crippen LogP contribution < -0.4 is 10.1 Å². The molecule has 0 saturated carbocycles. The lowest BCUT2D eigenvalue weighted by molar-refractivity contribution is -0.116. The molecule has 0 fully saturated rings. The third-order valence-corrected chi connectivity index (χ3v) is 4.49. The number of thiophene rings is 1. The minimum atomic E-state index is -0.442. The molecule has 5 nitrogen and oxygen atoms in total. The number of rotatable bonds is 6. The van der Waals surface area contributed by atoms with Gasteiger partial charge >= 0.3 is 5.97 Å². The molecule has 1 aromatic heterocycles. The molecular formula is C17H19NO4S. The van der Waals surface area contributed by atoms with E-state index in [0.717, 1.165) is 16.2 Å². The van der Waals surface area contributed by atoms with Crippen molar-refractivity contribution >= 4 is 28.2 Å². The highest BCUT2D eigenvalue weighted by Crippen LogP contribution is 2.33. The van der Waals surface area contributed by atoms with Gasteiger partial charge in [-0.3, -0.25) is 4.79 Å². The molecule has 0 saturated heterocycles. The summed E-state index contributed by atoms with van der Waals surface area (Å²) in [5, 5.41) is 3.30. The van der Waals surface area contributed by atoms with Gasteiger partial charge in [-0.2, -0.15) is 0 Å². The van der Waals surface area contributed by atoms with E-state index in [-0.39, 0.29) is 18.9 Å². The van der Waals surface area contributed by atoms with Crippen LogP contribution in [0.15, 0.2) is 30.3 Å². The van der Waals surface area contributed by atoms with Gasteiger partial charge in [0.2, 0.25) is 5.91 Å². The Morgan fingerprint density at radius 2 is 1.87 bits per heavy atom. The maximum atomic E-state index is 12.0. The number of amides is 1. The van der Waals surface area contributed by atoms with E-state index in [4.69, 9.17) is 9.47 Å². The second kappa shape index (κ2) is 7.78. The van der Waals surface area contributed by atoms with E-state index >= 15 is 0 Å². The first-order valence-corrected chi connectivity index (χ1v) is 8.00. The van der Waals surface area contributed by atoms with E-state index in [9.17, 15) is 9.59 Å². The molecule has 1 heterocycles. The van der Waals surface area contributed by atoms with Crippen molar-refractivity contribution in [3.63, 3.8) is 0 Å². The maximum absolute atomic E-state index is 12.0. The van der Waals surface area contributed by atoms with Gasteiger partial charge in [-0.05, 0) is 31.5 Å². The lowest BCUT2D eigenvalue weighted by Crippen LogP contribution is -2.16. The summed E-state index contributed by atoms with van der Waals surface area (Å²) in [6.07, 6.45) is 0.200. The van der Waals surface area contributed by atoms with Crippen molar-refractivity contribution < 1.29 is 19.1 Å². The van der Waals surface area contributed by atoms with Crippen LogP contribution in [-0.4, -0.2) is 25.6 Å². The summed E-state index contributed by atoms with van der Waals surface area (Å²) in [5.41, 5.74) is 1.25. The van der Waals surface area contributed by atoms with Crippen molar-refractivity contribution in [2.75, 3.05) is 19.0 Å². The normalized spacial score (nSPS) is 10.2. The van der Waals surface area contributed by atoms with E-state index < -0.39 is 5.97 Å². The number of hydrogen-bond acceptors (Lipinski definition) is 5. The monoisotopic (exact) mass is 333 g/mol. The minimum absolute atomic E-state index is 0.200. The summed E-state index contributed by atoms with van der Waals surface area (Å²) in [6.45, 7) is 4.01. The number of methoxy groups -OCH3 is 1. The van der Waals surface area contributed by atoms with Crippen LogP contribution in [0.2, 0.25) is 0 Å². The number of aryl methyl sites for hydroxylation is 1. The van der Waals surface area contributed by atoms with Gasteiger partial charge in [0, 0.05) is 4.88 Å². The van der Waals surface area contributed by atoms with Gasteiger partial charge in [0.15, 0.2) is 0 Å². The summed E-state index contributed by atoms with van der Waals surface area (Å²) >= 11 is 1.37. The Bertz CT molecular complexity index is 694. The van der Waals surface area contributed by atoms with E-state index in [2.05, 4.69) is 5.32 Å². The predicted molar refractivity (Wildman–Crippen MR) is 90.3 cm³/mol.